The summed E-state index contributed by atoms with van der Waals surface area (Å²) in [7, 11) is -1.80. The van der Waals surface area contributed by atoms with Crippen molar-refractivity contribution in [1.82, 2.24) is 14.9 Å². The van der Waals surface area contributed by atoms with Crippen LogP contribution in [0.1, 0.15) is 5.82 Å². The second-order valence-corrected chi connectivity index (χ2v) is 5.21. The summed E-state index contributed by atoms with van der Waals surface area (Å²) in [6, 6.07) is 6.40. The van der Waals surface area contributed by atoms with E-state index in [-0.39, 0.29) is 17.3 Å². The van der Waals surface area contributed by atoms with Gasteiger partial charge in [-0.3, -0.25) is 0 Å². The highest BCUT2D eigenvalue weighted by molar-refractivity contribution is 7.89. The lowest BCUT2D eigenvalue weighted by molar-refractivity contribution is 0.409. The van der Waals surface area contributed by atoms with Crippen molar-refractivity contribution in [2.45, 2.75) is 11.4 Å². The van der Waals surface area contributed by atoms with Crippen molar-refractivity contribution < 1.29 is 12.9 Å². The number of rotatable bonds is 5. The van der Waals surface area contributed by atoms with Gasteiger partial charge in [0.2, 0.25) is 16.4 Å². The Kier molecular flexibility index (Phi) is 3.58. The van der Waals surface area contributed by atoms with Gasteiger partial charge >= 0.3 is 0 Å². The maximum atomic E-state index is 11.9. The second-order valence-electron chi connectivity index (χ2n) is 3.45. The van der Waals surface area contributed by atoms with Gasteiger partial charge in [0.1, 0.15) is 0 Å². The molecule has 8 heteroatoms. The van der Waals surface area contributed by atoms with Crippen molar-refractivity contribution in [3.05, 3.63) is 36.5 Å². The highest BCUT2D eigenvalue weighted by atomic mass is 32.2. The minimum Gasteiger partial charge on any atom is -0.388 e. The van der Waals surface area contributed by atoms with Crippen molar-refractivity contribution in [1.29, 1.82) is 0 Å². The molecule has 1 aromatic carbocycles. The van der Waals surface area contributed by atoms with Gasteiger partial charge < -0.3 is 9.84 Å². The van der Waals surface area contributed by atoms with E-state index in [1.807, 2.05) is 0 Å². The molecule has 1 heterocycles. The predicted molar refractivity (Wildman–Crippen MR) is 64.3 cm³/mol. The minimum absolute atomic E-state index is 0.00733. The average molecular weight is 268 g/mol. The molecule has 0 aliphatic carbocycles. The van der Waals surface area contributed by atoms with E-state index in [0.717, 1.165) is 12.1 Å². The normalized spacial score (nSPS) is 11.4. The molecule has 0 saturated carbocycles. The van der Waals surface area contributed by atoms with Gasteiger partial charge in [-0.2, -0.15) is 4.98 Å². The van der Waals surface area contributed by atoms with Crippen LogP contribution in [0.3, 0.4) is 0 Å². The zero-order valence-corrected chi connectivity index (χ0v) is 10.4. The second kappa shape index (κ2) is 5.15. The van der Waals surface area contributed by atoms with Crippen molar-refractivity contribution >= 4 is 15.7 Å². The van der Waals surface area contributed by atoms with Gasteiger partial charge in [-0.25, -0.2) is 13.1 Å². The summed E-state index contributed by atoms with van der Waals surface area (Å²) >= 11 is 0. The highest BCUT2D eigenvalue weighted by Crippen LogP contribution is 2.13. The summed E-state index contributed by atoms with van der Waals surface area (Å²) in [6.07, 6.45) is 1.14. The molecule has 0 amide bonds. The number of hydrogen-bond donors (Lipinski definition) is 2. The molecule has 1 aromatic heterocycles. The average Bonchev–Trinajstić information content (AvgIpc) is 2.90. The first-order valence-corrected chi connectivity index (χ1v) is 6.63. The Morgan fingerprint density at radius 1 is 1.28 bits per heavy atom. The Morgan fingerprint density at radius 2 is 2.00 bits per heavy atom. The Balaban J connectivity index is 2.09. The third kappa shape index (κ3) is 2.84. The largest absolute Gasteiger partial charge is 0.388 e. The van der Waals surface area contributed by atoms with E-state index in [1.54, 1.807) is 19.2 Å². The van der Waals surface area contributed by atoms with E-state index in [4.69, 9.17) is 0 Å². The van der Waals surface area contributed by atoms with Crippen molar-refractivity contribution in [3.8, 4) is 0 Å². The molecule has 7 nitrogen and oxygen atoms in total. The first kappa shape index (κ1) is 12.5. The van der Waals surface area contributed by atoms with E-state index in [2.05, 4.69) is 24.7 Å². The topological polar surface area (TPSA) is 97.1 Å². The third-order valence-corrected chi connectivity index (χ3v) is 3.70. The van der Waals surface area contributed by atoms with Gasteiger partial charge in [0.25, 0.3) is 0 Å². The molecule has 0 atom stereocenters. The highest BCUT2D eigenvalue weighted by Gasteiger charge is 2.14. The van der Waals surface area contributed by atoms with Crippen LogP contribution >= 0.6 is 0 Å². The van der Waals surface area contributed by atoms with Gasteiger partial charge in [-0.05, 0) is 24.3 Å². The molecule has 0 saturated heterocycles. The molecule has 0 aliphatic rings. The predicted octanol–water partition coefficient (Wildman–Crippen LogP) is 0.590. The summed E-state index contributed by atoms with van der Waals surface area (Å²) < 4.78 is 30.7. The van der Waals surface area contributed by atoms with E-state index in [9.17, 15) is 8.42 Å². The molecule has 0 aliphatic heterocycles. The molecule has 2 N–H and O–H groups in total. The van der Waals surface area contributed by atoms with E-state index >= 15 is 0 Å². The number of nitrogens with zero attached hydrogens (tertiary/aromatic N) is 2. The standard InChI is InChI=1S/C10H12N4O3S/c1-11-8-2-4-9(5-3-8)18(15,16)13-6-10-12-7-17-14-10/h2-5,7,11,13H,6H2,1H3. The van der Waals surface area contributed by atoms with Crippen LogP contribution < -0.4 is 10.0 Å². The maximum Gasteiger partial charge on any atom is 0.240 e. The quantitative estimate of drug-likeness (QED) is 0.823. The summed E-state index contributed by atoms with van der Waals surface area (Å²) in [4.78, 5) is 3.91. The fraction of sp³-hybridized carbons (Fsp3) is 0.200. The Morgan fingerprint density at radius 3 is 2.56 bits per heavy atom. The van der Waals surface area contributed by atoms with E-state index < -0.39 is 10.0 Å². The number of aromatic nitrogens is 2. The Hall–Kier alpha value is -1.93. The molecule has 18 heavy (non-hydrogen) atoms. The number of hydrogen-bond acceptors (Lipinski definition) is 6. The van der Waals surface area contributed by atoms with Gasteiger partial charge in [-0.1, -0.05) is 5.16 Å². The number of nitrogens with one attached hydrogen (secondary N) is 2. The van der Waals surface area contributed by atoms with Crippen LogP contribution in [0.15, 0.2) is 40.1 Å². The lowest BCUT2D eigenvalue weighted by atomic mass is 10.3. The summed E-state index contributed by atoms with van der Waals surface area (Å²) in [5.41, 5.74) is 0.840. The Labute approximate surface area is 104 Å². The fourth-order valence-corrected chi connectivity index (χ4v) is 2.29. The van der Waals surface area contributed by atoms with Crippen LogP contribution in [-0.2, 0) is 16.6 Å². The van der Waals surface area contributed by atoms with Crippen LogP contribution in [0.2, 0.25) is 0 Å². The first-order valence-electron chi connectivity index (χ1n) is 5.14. The van der Waals surface area contributed by atoms with Crippen LogP contribution in [0.4, 0.5) is 5.69 Å². The zero-order chi connectivity index (χ0) is 13.0. The number of anilines is 1. The molecule has 0 bridgehead atoms. The molecule has 0 unspecified atom stereocenters. The molecule has 0 fully saturated rings. The van der Waals surface area contributed by atoms with Crippen molar-refractivity contribution in [2.75, 3.05) is 12.4 Å². The lowest BCUT2D eigenvalue weighted by Gasteiger charge is -2.05. The summed E-state index contributed by atoms with van der Waals surface area (Å²) in [5, 5.41) is 6.43. The summed E-state index contributed by atoms with van der Waals surface area (Å²) in [5.74, 6) is 0.283. The molecule has 0 radical (unpaired) electrons. The Bertz CT molecular complexity index is 593. The van der Waals surface area contributed by atoms with Crippen LogP contribution in [0, 0.1) is 0 Å². The zero-order valence-electron chi connectivity index (χ0n) is 9.62. The maximum absolute atomic E-state index is 11.9. The lowest BCUT2D eigenvalue weighted by Crippen LogP contribution is -2.23. The molecule has 2 rings (SSSR count). The fourth-order valence-electron chi connectivity index (χ4n) is 1.31. The van der Waals surface area contributed by atoms with Gasteiger partial charge in [-0.15, -0.1) is 0 Å². The smallest absolute Gasteiger partial charge is 0.240 e. The molecule has 0 spiro atoms. The van der Waals surface area contributed by atoms with E-state index in [1.165, 1.54) is 12.1 Å². The van der Waals surface area contributed by atoms with Crippen LogP contribution in [0.25, 0.3) is 0 Å². The molecular weight excluding hydrogens is 256 g/mol. The van der Waals surface area contributed by atoms with Gasteiger partial charge in [0.05, 0.1) is 11.4 Å². The molecular formula is C10H12N4O3S. The molecule has 96 valence electrons. The first-order chi connectivity index (χ1) is 8.62. The van der Waals surface area contributed by atoms with Crippen molar-refractivity contribution in [3.63, 3.8) is 0 Å². The monoisotopic (exact) mass is 268 g/mol. The van der Waals surface area contributed by atoms with Gasteiger partial charge in [0.15, 0.2) is 5.82 Å². The minimum atomic E-state index is -3.56. The SMILES string of the molecule is CNc1ccc(S(=O)(=O)NCc2ncon2)cc1. The van der Waals surface area contributed by atoms with Gasteiger partial charge in [0, 0.05) is 12.7 Å². The third-order valence-electron chi connectivity index (χ3n) is 2.28. The van der Waals surface area contributed by atoms with Crippen LogP contribution in [0.5, 0.6) is 0 Å². The number of sulfonamides is 1. The van der Waals surface area contributed by atoms with Crippen LogP contribution in [-0.4, -0.2) is 25.6 Å². The number of benzene rings is 1. The van der Waals surface area contributed by atoms with Crippen molar-refractivity contribution in [2.24, 2.45) is 0 Å². The molecule has 2 aromatic rings. The summed E-state index contributed by atoms with van der Waals surface area (Å²) in [6.45, 7) is -0.00733. The van der Waals surface area contributed by atoms with E-state index in [0.29, 0.717) is 0 Å².